The molecule has 1 amide bonds. The van der Waals surface area contributed by atoms with Crippen LogP contribution in [-0.4, -0.2) is 54.6 Å². The number of hydrogen-bond donors (Lipinski definition) is 1. The Morgan fingerprint density at radius 3 is 2.72 bits per heavy atom. The molecule has 7 nitrogen and oxygen atoms in total. The molecule has 1 aliphatic rings. The summed E-state index contributed by atoms with van der Waals surface area (Å²) < 4.78 is 10.6. The van der Waals surface area contributed by atoms with Crippen molar-refractivity contribution in [2.75, 3.05) is 32.8 Å². The van der Waals surface area contributed by atoms with Gasteiger partial charge >= 0.3 is 5.97 Å². The average molecular weight is 404 g/mol. The third kappa shape index (κ3) is 7.49. The molecular weight excluding hydrogens is 370 g/mol. The van der Waals surface area contributed by atoms with E-state index in [1.165, 1.54) is 24.8 Å². The number of carbonyl (C=O) groups is 2. The zero-order valence-electron chi connectivity index (χ0n) is 17.8. The van der Waals surface area contributed by atoms with Crippen molar-refractivity contribution in [1.82, 2.24) is 15.2 Å². The van der Waals surface area contributed by atoms with Gasteiger partial charge in [-0.05, 0) is 64.4 Å². The molecule has 1 saturated heterocycles. The van der Waals surface area contributed by atoms with E-state index in [4.69, 9.17) is 9.47 Å². The number of ether oxygens (including phenoxy) is 2. The van der Waals surface area contributed by atoms with Gasteiger partial charge in [0.25, 0.3) is 0 Å². The Balaban J connectivity index is 1.71. The Morgan fingerprint density at radius 2 is 2.00 bits per heavy atom. The van der Waals surface area contributed by atoms with Crippen LogP contribution in [0.3, 0.4) is 0 Å². The van der Waals surface area contributed by atoms with E-state index < -0.39 is 11.4 Å². The van der Waals surface area contributed by atoms with Crippen LogP contribution in [0.5, 0.6) is 5.88 Å². The van der Waals surface area contributed by atoms with Gasteiger partial charge in [-0.25, -0.2) is 4.98 Å². The van der Waals surface area contributed by atoms with E-state index in [1.807, 2.05) is 18.2 Å². The second kappa shape index (κ2) is 11.6. The molecule has 0 aromatic carbocycles. The minimum Gasteiger partial charge on any atom is -0.473 e. The smallest absolute Gasteiger partial charge is 0.321 e. The zero-order chi connectivity index (χ0) is 21.1. The molecule has 1 N–H and O–H groups in total. The standard InChI is InChI=1S/C22H33N3O4/c1-4-28-21(27)22(2,3)20(26)24-11-6-9-15-29-19-16-18(10-12-23-19)17-25-13-7-5-8-14-25/h6,9-10,12,16H,4-5,7-8,11,13-15,17H2,1-3H3,(H,24,26)/b9-6-. The molecule has 2 heterocycles. The second-order valence-corrected chi connectivity index (χ2v) is 7.68. The lowest BCUT2D eigenvalue weighted by Crippen LogP contribution is -2.43. The summed E-state index contributed by atoms with van der Waals surface area (Å²) in [6.07, 6.45) is 9.25. The van der Waals surface area contributed by atoms with Crippen molar-refractivity contribution in [3.05, 3.63) is 36.0 Å². The van der Waals surface area contributed by atoms with E-state index in [0.29, 0.717) is 19.0 Å². The predicted octanol–water partition coefficient (Wildman–Crippen LogP) is 2.71. The highest BCUT2D eigenvalue weighted by molar-refractivity contribution is 6.01. The third-order valence-electron chi connectivity index (χ3n) is 4.88. The number of rotatable bonds is 10. The molecule has 0 spiro atoms. The van der Waals surface area contributed by atoms with Crippen molar-refractivity contribution in [3.8, 4) is 5.88 Å². The maximum Gasteiger partial charge on any atom is 0.321 e. The van der Waals surface area contributed by atoms with E-state index in [0.717, 1.165) is 19.6 Å². The van der Waals surface area contributed by atoms with Crippen molar-refractivity contribution >= 4 is 11.9 Å². The van der Waals surface area contributed by atoms with Gasteiger partial charge in [0.1, 0.15) is 12.0 Å². The van der Waals surface area contributed by atoms with E-state index >= 15 is 0 Å². The quantitative estimate of drug-likeness (QED) is 0.368. The minimum absolute atomic E-state index is 0.250. The molecule has 1 aromatic heterocycles. The third-order valence-corrected chi connectivity index (χ3v) is 4.88. The summed E-state index contributed by atoms with van der Waals surface area (Å²) in [4.78, 5) is 30.7. The molecule has 0 unspecified atom stereocenters. The summed E-state index contributed by atoms with van der Waals surface area (Å²) in [6, 6.07) is 4.00. The number of likely N-dealkylation sites (tertiary alicyclic amines) is 1. The maximum atomic E-state index is 12.1. The number of pyridine rings is 1. The van der Waals surface area contributed by atoms with Crippen LogP contribution in [0.25, 0.3) is 0 Å². The van der Waals surface area contributed by atoms with Crippen LogP contribution in [-0.2, 0) is 20.9 Å². The Morgan fingerprint density at radius 1 is 1.24 bits per heavy atom. The number of carbonyl (C=O) groups excluding carboxylic acids is 2. The number of aromatic nitrogens is 1. The van der Waals surface area contributed by atoms with Crippen LogP contribution in [0.4, 0.5) is 0 Å². The molecule has 0 atom stereocenters. The van der Waals surface area contributed by atoms with Crippen LogP contribution in [0.1, 0.15) is 45.6 Å². The van der Waals surface area contributed by atoms with Crippen LogP contribution in [0.2, 0.25) is 0 Å². The number of nitrogens with one attached hydrogen (secondary N) is 1. The van der Waals surface area contributed by atoms with Gasteiger partial charge in [0.2, 0.25) is 11.8 Å². The van der Waals surface area contributed by atoms with Crippen molar-refractivity contribution in [2.24, 2.45) is 5.41 Å². The van der Waals surface area contributed by atoms with Gasteiger partial charge in [-0.15, -0.1) is 0 Å². The largest absolute Gasteiger partial charge is 0.473 e. The number of piperidine rings is 1. The number of nitrogens with zero attached hydrogens (tertiary/aromatic N) is 2. The molecule has 1 aromatic rings. The fourth-order valence-electron chi connectivity index (χ4n) is 3.07. The van der Waals surface area contributed by atoms with Crippen molar-refractivity contribution in [1.29, 1.82) is 0 Å². The molecule has 7 heteroatoms. The molecule has 2 rings (SSSR count). The van der Waals surface area contributed by atoms with Gasteiger partial charge in [-0.2, -0.15) is 0 Å². The van der Waals surface area contributed by atoms with E-state index in [2.05, 4.69) is 15.2 Å². The summed E-state index contributed by atoms with van der Waals surface area (Å²) in [5, 5.41) is 2.71. The highest BCUT2D eigenvalue weighted by atomic mass is 16.5. The van der Waals surface area contributed by atoms with E-state index in [9.17, 15) is 9.59 Å². The maximum absolute atomic E-state index is 12.1. The monoisotopic (exact) mass is 403 g/mol. The highest BCUT2D eigenvalue weighted by Gasteiger charge is 2.37. The van der Waals surface area contributed by atoms with Gasteiger partial charge in [0.05, 0.1) is 6.61 Å². The highest BCUT2D eigenvalue weighted by Crippen LogP contribution is 2.17. The topological polar surface area (TPSA) is 80.8 Å². The summed E-state index contributed by atoms with van der Waals surface area (Å²) >= 11 is 0. The summed E-state index contributed by atoms with van der Waals surface area (Å²) in [5.41, 5.74) is -0.00617. The number of hydrogen-bond acceptors (Lipinski definition) is 6. The lowest BCUT2D eigenvalue weighted by molar-refractivity contribution is -0.158. The lowest BCUT2D eigenvalue weighted by Gasteiger charge is -2.26. The van der Waals surface area contributed by atoms with Crippen LogP contribution >= 0.6 is 0 Å². The van der Waals surface area contributed by atoms with Crippen LogP contribution in [0, 0.1) is 5.41 Å². The average Bonchev–Trinajstić information content (AvgIpc) is 2.71. The van der Waals surface area contributed by atoms with Gasteiger partial charge in [-0.1, -0.05) is 12.5 Å². The molecule has 29 heavy (non-hydrogen) atoms. The molecule has 0 radical (unpaired) electrons. The Bertz CT molecular complexity index is 697. The van der Waals surface area contributed by atoms with Crippen molar-refractivity contribution in [3.63, 3.8) is 0 Å². The zero-order valence-corrected chi connectivity index (χ0v) is 17.8. The van der Waals surface area contributed by atoms with Gasteiger partial charge in [0.15, 0.2) is 0 Å². The minimum atomic E-state index is -1.21. The van der Waals surface area contributed by atoms with E-state index in [1.54, 1.807) is 33.0 Å². The lowest BCUT2D eigenvalue weighted by atomic mass is 9.92. The summed E-state index contributed by atoms with van der Waals surface area (Å²) in [6.45, 7) is 8.97. The first kappa shape index (κ1) is 22.9. The molecule has 0 bridgehead atoms. The van der Waals surface area contributed by atoms with Gasteiger partial charge in [0, 0.05) is 25.4 Å². The normalized spacial score (nSPS) is 15.3. The van der Waals surface area contributed by atoms with E-state index in [-0.39, 0.29) is 12.5 Å². The summed E-state index contributed by atoms with van der Waals surface area (Å²) in [7, 11) is 0. The van der Waals surface area contributed by atoms with Crippen molar-refractivity contribution in [2.45, 2.75) is 46.6 Å². The number of esters is 1. The fraction of sp³-hybridized carbons (Fsp3) is 0.591. The van der Waals surface area contributed by atoms with Gasteiger partial charge < -0.3 is 14.8 Å². The first-order valence-electron chi connectivity index (χ1n) is 10.3. The predicted molar refractivity (Wildman–Crippen MR) is 111 cm³/mol. The van der Waals surface area contributed by atoms with Gasteiger partial charge in [-0.3, -0.25) is 14.5 Å². The second-order valence-electron chi connectivity index (χ2n) is 7.68. The molecule has 0 aliphatic carbocycles. The van der Waals surface area contributed by atoms with Crippen LogP contribution < -0.4 is 10.1 Å². The SMILES string of the molecule is CCOC(=O)C(C)(C)C(=O)NC/C=C\COc1cc(CN2CCCCC2)ccn1. The van der Waals surface area contributed by atoms with Crippen LogP contribution in [0.15, 0.2) is 30.5 Å². The Kier molecular flexibility index (Phi) is 9.12. The molecule has 0 saturated carbocycles. The Hall–Kier alpha value is -2.41. The Labute approximate surface area is 173 Å². The molecular formula is C22H33N3O4. The van der Waals surface area contributed by atoms with Crippen molar-refractivity contribution < 1.29 is 19.1 Å². The fourth-order valence-corrected chi connectivity index (χ4v) is 3.07. The first-order valence-corrected chi connectivity index (χ1v) is 10.3. The first-order chi connectivity index (χ1) is 13.9. The number of amides is 1. The summed E-state index contributed by atoms with van der Waals surface area (Å²) in [5.74, 6) is -0.300. The molecule has 1 fully saturated rings. The molecule has 160 valence electrons. The molecule has 1 aliphatic heterocycles.